The van der Waals surface area contributed by atoms with Crippen LogP contribution < -0.4 is 10.9 Å². The van der Waals surface area contributed by atoms with Crippen molar-refractivity contribution in [2.75, 3.05) is 5.73 Å². The molecule has 3 rings (SSSR count). The molecule has 0 fully saturated rings. The second-order valence-electron chi connectivity index (χ2n) is 7.94. The van der Waals surface area contributed by atoms with Crippen molar-refractivity contribution >= 4 is 27.3 Å². The van der Waals surface area contributed by atoms with Crippen LogP contribution in [-0.4, -0.2) is 23.4 Å². The summed E-state index contributed by atoms with van der Waals surface area (Å²) >= 11 is 1.39. The lowest BCUT2D eigenvalue weighted by Crippen LogP contribution is -2.22. The third-order valence-corrected chi connectivity index (χ3v) is 7.46. The SMILES string of the molecule is CCC(c1cccc(-c2nc(C(C)(C)C)sc2-c2ccnc(N)n2)c1F)S(N)(=O)=O. The van der Waals surface area contributed by atoms with E-state index in [4.69, 9.17) is 15.9 Å². The molecule has 160 valence electrons. The molecule has 0 aliphatic carbocycles. The van der Waals surface area contributed by atoms with Crippen LogP contribution in [0.5, 0.6) is 0 Å². The van der Waals surface area contributed by atoms with E-state index >= 15 is 4.39 Å². The van der Waals surface area contributed by atoms with E-state index in [1.165, 1.54) is 23.6 Å². The average Bonchev–Trinajstić information content (AvgIpc) is 3.08. The van der Waals surface area contributed by atoms with Gasteiger partial charge in [-0.3, -0.25) is 0 Å². The molecule has 30 heavy (non-hydrogen) atoms. The molecule has 3 aromatic rings. The van der Waals surface area contributed by atoms with Gasteiger partial charge in [0, 0.05) is 22.7 Å². The molecule has 0 aliphatic rings. The van der Waals surface area contributed by atoms with Gasteiger partial charge in [0.15, 0.2) is 0 Å². The Hall–Kier alpha value is -2.43. The first-order chi connectivity index (χ1) is 13.9. The van der Waals surface area contributed by atoms with Crippen LogP contribution in [0.2, 0.25) is 0 Å². The van der Waals surface area contributed by atoms with Crippen LogP contribution in [-0.2, 0) is 15.4 Å². The van der Waals surface area contributed by atoms with Gasteiger partial charge in [0.25, 0.3) is 0 Å². The highest BCUT2D eigenvalue weighted by Crippen LogP contribution is 2.42. The molecule has 1 aromatic carbocycles. The molecule has 0 bridgehead atoms. The first kappa shape index (κ1) is 22.3. The molecule has 0 spiro atoms. The minimum Gasteiger partial charge on any atom is -0.368 e. The number of aromatic nitrogens is 3. The standard InChI is InChI=1S/C20H24FN5O2S2/c1-5-14(30(23,27)28)11-7-6-8-12(15(11)21)16-17(13-9-10-24-19(22)25-13)29-18(26-16)20(2,3)4/h6-10,14H,5H2,1-4H3,(H2,22,24,25)(H2,23,27,28). The van der Waals surface area contributed by atoms with Gasteiger partial charge in [0.05, 0.1) is 21.3 Å². The Morgan fingerprint density at radius 2 is 1.90 bits per heavy atom. The van der Waals surface area contributed by atoms with E-state index in [0.717, 1.165) is 5.01 Å². The third-order valence-electron chi connectivity index (χ3n) is 4.57. The second-order valence-corrected chi connectivity index (χ2v) is 10.7. The fraction of sp³-hybridized carbons (Fsp3) is 0.350. The number of hydrogen-bond acceptors (Lipinski definition) is 7. The van der Waals surface area contributed by atoms with Crippen LogP contribution in [0.3, 0.4) is 0 Å². The molecule has 0 amide bonds. The minimum absolute atomic E-state index is 0.0240. The van der Waals surface area contributed by atoms with Crippen molar-refractivity contribution in [1.29, 1.82) is 0 Å². The Bertz CT molecular complexity index is 1190. The van der Waals surface area contributed by atoms with Crippen LogP contribution >= 0.6 is 11.3 Å². The van der Waals surface area contributed by atoms with E-state index in [2.05, 4.69) is 9.97 Å². The monoisotopic (exact) mass is 449 g/mol. The summed E-state index contributed by atoms with van der Waals surface area (Å²) in [5.41, 5.74) is 6.58. The second kappa shape index (κ2) is 8.01. The summed E-state index contributed by atoms with van der Waals surface area (Å²) in [7, 11) is -3.97. The quantitative estimate of drug-likeness (QED) is 0.606. The summed E-state index contributed by atoms with van der Waals surface area (Å²) in [6, 6.07) is 6.30. The highest BCUT2D eigenvalue weighted by atomic mass is 32.2. The number of anilines is 1. The Balaban J connectivity index is 2.28. The van der Waals surface area contributed by atoms with Crippen molar-refractivity contribution in [3.63, 3.8) is 0 Å². The normalized spacial score (nSPS) is 13.4. The van der Waals surface area contributed by atoms with Gasteiger partial charge in [0.2, 0.25) is 16.0 Å². The zero-order valence-corrected chi connectivity index (χ0v) is 18.8. The number of nitrogens with two attached hydrogens (primary N) is 2. The largest absolute Gasteiger partial charge is 0.368 e. The van der Waals surface area contributed by atoms with Gasteiger partial charge in [-0.25, -0.2) is 32.9 Å². The zero-order chi connectivity index (χ0) is 22.3. The summed E-state index contributed by atoms with van der Waals surface area (Å²) in [5.74, 6) is -0.564. The molecule has 0 aliphatic heterocycles. The number of hydrogen-bond donors (Lipinski definition) is 2. The van der Waals surface area contributed by atoms with Gasteiger partial charge in [-0.1, -0.05) is 39.8 Å². The van der Waals surface area contributed by atoms with Crippen LogP contribution in [0.15, 0.2) is 30.5 Å². The Labute approximate surface area is 179 Å². The van der Waals surface area contributed by atoms with Crippen LogP contribution in [0.1, 0.15) is 49.9 Å². The van der Waals surface area contributed by atoms with E-state index in [0.29, 0.717) is 16.3 Å². The van der Waals surface area contributed by atoms with E-state index in [1.807, 2.05) is 20.8 Å². The number of rotatable bonds is 5. The molecule has 1 atom stereocenters. The molecule has 0 saturated carbocycles. The van der Waals surface area contributed by atoms with Crippen LogP contribution in [0.25, 0.3) is 21.8 Å². The third kappa shape index (κ3) is 4.35. The molecule has 1 unspecified atom stereocenters. The van der Waals surface area contributed by atoms with E-state index in [-0.39, 0.29) is 28.9 Å². The van der Waals surface area contributed by atoms with E-state index in [9.17, 15) is 8.42 Å². The lowest BCUT2D eigenvalue weighted by Gasteiger charge is -2.16. The average molecular weight is 450 g/mol. The van der Waals surface area contributed by atoms with E-state index < -0.39 is 21.1 Å². The summed E-state index contributed by atoms with van der Waals surface area (Å²) in [5, 5.41) is 4.98. The number of primary sulfonamides is 1. The predicted octanol–water partition coefficient (Wildman–Crippen LogP) is 4.03. The maximum Gasteiger partial charge on any atom is 0.220 e. The van der Waals surface area contributed by atoms with Crippen molar-refractivity contribution in [1.82, 2.24) is 15.0 Å². The van der Waals surface area contributed by atoms with Gasteiger partial charge in [0.1, 0.15) is 11.1 Å². The summed E-state index contributed by atoms with van der Waals surface area (Å²) in [6.45, 7) is 7.68. The van der Waals surface area contributed by atoms with Gasteiger partial charge in [-0.05, 0) is 18.6 Å². The zero-order valence-electron chi connectivity index (χ0n) is 17.2. The summed E-state index contributed by atoms with van der Waals surface area (Å²) in [4.78, 5) is 13.5. The molecule has 4 N–H and O–H groups in total. The lowest BCUT2D eigenvalue weighted by atomic mass is 9.98. The highest BCUT2D eigenvalue weighted by molar-refractivity contribution is 7.89. The minimum atomic E-state index is -3.97. The summed E-state index contributed by atoms with van der Waals surface area (Å²) in [6.07, 6.45) is 1.68. The summed E-state index contributed by atoms with van der Waals surface area (Å²) < 4.78 is 39.6. The van der Waals surface area contributed by atoms with Gasteiger partial charge in [-0.2, -0.15) is 0 Å². The molecular weight excluding hydrogens is 425 g/mol. The van der Waals surface area contributed by atoms with Crippen molar-refractivity contribution in [2.24, 2.45) is 5.14 Å². The first-order valence-corrected chi connectivity index (χ1v) is 11.8. The number of benzene rings is 1. The maximum atomic E-state index is 15.6. The van der Waals surface area contributed by atoms with Gasteiger partial charge in [-0.15, -0.1) is 11.3 Å². The number of nitrogens with zero attached hydrogens (tertiary/aromatic N) is 3. The predicted molar refractivity (Wildman–Crippen MR) is 118 cm³/mol. The van der Waals surface area contributed by atoms with Gasteiger partial charge < -0.3 is 5.73 Å². The number of halogens is 1. The maximum absolute atomic E-state index is 15.6. The molecule has 10 heteroatoms. The molecule has 0 saturated heterocycles. The number of nitrogen functional groups attached to an aromatic ring is 1. The molecule has 2 heterocycles. The van der Waals surface area contributed by atoms with Crippen molar-refractivity contribution in [3.8, 4) is 21.8 Å². The highest BCUT2D eigenvalue weighted by Gasteiger charge is 2.29. The van der Waals surface area contributed by atoms with Crippen molar-refractivity contribution in [2.45, 2.75) is 44.8 Å². The smallest absolute Gasteiger partial charge is 0.220 e. The first-order valence-electron chi connectivity index (χ1n) is 9.34. The molecule has 2 aromatic heterocycles. The molecular formula is C20H24FN5O2S2. The number of thiazole rings is 1. The van der Waals surface area contributed by atoms with Crippen molar-refractivity contribution in [3.05, 3.63) is 46.9 Å². The van der Waals surface area contributed by atoms with E-state index in [1.54, 1.807) is 25.1 Å². The molecule has 7 nitrogen and oxygen atoms in total. The Morgan fingerprint density at radius 1 is 1.20 bits per heavy atom. The fourth-order valence-electron chi connectivity index (χ4n) is 3.11. The van der Waals surface area contributed by atoms with Crippen molar-refractivity contribution < 1.29 is 12.8 Å². The lowest BCUT2D eigenvalue weighted by molar-refractivity contribution is 0.566. The van der Waals surface area contributed by atoms with Crippen LogP contribution in [0.4, 0.5) is 10.3 Å². The van der Waals surface area contributed by atoms with Crippen LogP contribution in [0, 0.1) is 5.82 Å². The fourth-order valence-corrected chi connectivity index (χ4v) is 5.22. The number of sulfonamides is 1. The Morgan fingerprint density at radius 3 is 2.47 bits per heavy atom. The van der Waals surface area contributed by atoms with Gasteiger partial charge >= 0.3 is 0 Å². The molecule has 0 radical (unpaired) electrons. The topological polar surface area (TPSA) is 125 Å². The Kier molecular flexibility index (Phi) is 5.94.